The van der Waals surface area contributed by atoms with E-state index in [9.17, 15) is 13.2 Å². The predicted octanol–water partition coefficient (Wildman–Crippen LogP) is 7.34. The van der Waals surface area contributed by atoms with E-state index in [0.29, 0.717) is 0 Å². The smallest absolute Gasteiger partial charge is 0.303 e. The summed E-state index contributed by atoms with van der Waals surface area (Å²) in [5, 5.41) is 1.11. The highest BCUT2D eigenvalue weighted by Crippen LogP contribution is 2.40. The summed E-state index contributed by atoms with van der Waals surface area (Å²) in [5.74, 6) is 0. The van der Waals surface area contributed by atoms with E-state index in [1.807, 2.05) is 13.0 Å². The highest BCUT2D eigenvalue weighted by Gasteiger charge is 2.30. The van der Waals surface area contributed by atoms with Crippen molar-refractivity contribution in [2.75, 3.05) is 20.1 Å². The molecular weight excluding hydrogens is 391 g/mol. The van der Waals surface area contributed by atoms with Crippen molar-refractivity contribution in [1.82, 2.24) is 4.90 Å². The van der Waals surface area contributed by atoms with E-state index in [4.69, 9.17) is 0 Å². The van der Waals surface area contributed by atoms with Crippen molar-refractivity contribution in [3.05, 3.63) is 71.1 Å². The van der Waals surface area contributed by atoms with Crippen LogP contribution in [0.25, 0.3) is 21.2 Å². The number of fused-ring (bicyclic) bond motifs is 1. The molecule has 0 saturated heterocycles. The first-order chi connectivity index (χ1) is 13.8. The molecule has 29 heavy (non-hydrogen) atoms. The van der Waals surface area contributed by atoms with Crippen LogP contribution in [0.2, 0.25) is 0 Å². The number of halogens is 3. The van der Waals surface area contributed by atoms with Crippen LogP contribution in [0, 0.1) is 6.92 Å². The molecule has 1 heterocycles. The third-order valence-electron chi connectivity index (χ3n) is 5.13. The monoisotopic (exact) mass is 417 g/mol. The van der Waals surface area contributed by atoms with Crippen LogP contribution in [0.4, 0.5) is 13.2 Å². The Morgan fingerprint density at radius 3 is 2.45 bits per heavy atom. The zero-order valence-electron chi connectivity index (χ0n) is 16.9. The molecule has 1 nitrogen and oxygen atoms in total. The molecule has 0 spiro atoms. The van der Waals surface area contributed by atoms with E-state index >= 15 is 0 Å². The average molecular weight is 418 g/mol. The van der Waals surface area contributed by atoms with Gasteiger partial charge in [0.25, 0.3) is 0 Å². The van der Waals surface area contributed by atoms with Crippen molar-refractivity contribution < 1.29 is 13.2 Å². The third-order valence-corrected chi connectivity index (χ3v) is 6.20. The minimum atomic E-state index is -4.31. The summed E-state index contributed by atoms with van der Waals surface area (Å²) < 4.78 is 39.7. The van der Waals surface area contributed by atoms with Crippen LogP contribution >= 0.6 is 11.3 Å². The number of thiophene rings is 1. The van der Waals surface area contributed by atoms with Gasteiger partial charge in [0.15, 0.2) is 0 Å². The van der Waals surface area contributed by atoms with Crippen molar-refractivity contribution in [3.63, 3.8) is 0 Å². The molecule has 0 aliphatic heterocycles. The van der Waals surface area contributed by atoms with Crippen LogP contribution in [0.5, 0.6) is 0 Å². The van der Waals surface area contributed by atoms with Gasteiger partial charge in [-0.05, 0) is 69.1 Å². The highest BCUT2D eigenvalue weighted by atomic mass is 32.1. The van der Waals surface area contributed by atoms with Gasteiger partial charge in [-0.3, -0.25) is 0 Å². The van der Waals surface area contributed by atoms with Gasteiger partial charge >= 0.3 is 6.18 Å². The summed E-state index contributed by atoms with van der Waals surface area (Å²) in [5.41, 5.74) is 2.57. The fraction of sp³-hybridized carbons (Fsp3) is 0.333. The average Bonchev–Trinajstić information content (AvgIpc) is 3.00. The molecule has 5 heteroatoms. The molecule has 0 radical (unpaired) electrons. The summed E-state index contributed by atoms with van der Waals surface area (Å²) >= 11 is 1.71. The predicted molar refractivity (Wildman–Crippen MR) is 118 cm³/mol. The molecule has 0 fully saturated rings. The van der Waals surface area contributed by atoms with E-state index in [2.05, 4.69) is 36.7 Å². The lowest BCUT2D eigenvalue weighted by atomic mass is 9.99. The number of nitrogens with zero attached hydrogens (tertiary/aromatic N) is 1. The first-order valence-electron chi connectivity index (χ1n) is 9.78. The molecule has 0 aliphatic rings. The molecular formula is C24H26F3NS. The SMILES string of the molecule is C=CCN(C)CCCCc1ccc2c(-c3ccc(C(F)(F)F)cc3)c(C)sc2c1. The van der Waals surface area contributed by atoms with Gasteiger partial charge in [-0.25, -0.2) is 0 Å². The van der Waals surface area contributed by atoms with Gasteiger partial charge in [0, 0.05) is 27.1 Å². The Kier molecular flexibility index (Phi) is 6.81. The maximum Gasteiger partial charge on any atom is 0.416 e. The molecule has 0 unspecified atom stereocenters. The van der Waals surface area contributed by atoms with Crippen molar-refractivity contribution in [3.8, 4) is 11.1 Å². The number of rotatable bonds is 8. The first kappa shape index (κ1) is 21.6. The maximum atomic E-state index is 12.8. The van der Waals surface area contributed by atoms with E-state index < -0.39 is 11.7 Å². The van der Waals surface area contributed by atoms with Gasteiger partial charge in [-0.2, -0.15) is 13.2 Å². The molecule has 0 amide bonds. The molecule has 3 aromatic rings. The molecule has 0 atom stereocenters. The number of unbranched alkanes of at least 4 members (excludes halogenated alkanes) is 1. The molecule has 0 N–H and O–H groups in total. The second kappa shape index (κ2) is 9.14. The van der Waals surface area contributed by atoms with E-state index in [-0.39, 0.29) is 0 Å². The lowest BCUT2D eigenvalue weighted by Crippen LogP contribution is -2.19. The van der Waals surface area contributed by atoms with Gasteiger partial charge in [0.1, 0.15) is 0 Å². The molecule has 0 aliphatic carbocycles. The van der Waals surface area contributed by atoms with E-state index in [1.54, 1.807) is 23.5 Å². The molecule has 154 valence electrons. The standard InChI is InChI=1S/C24H26F3NS/c1-4-14-28(3)15-6-5-7-18-8-13-21-22(16-18)29-17(2)23(21)19-9-11-20(12-10-19)24(25,26)27/h4,8-13,16H,1,5-7,14-15H2,2-3H3. The number of aryl methyl sites for hydroxylation is 2. The number of hydrogen-bond donors (Lipinski definition) is 0. The topological polar surface area (TPSA) is 3.24 Å². The Labute approximate surface area is 174 Å². The molecule has 0 bridgehead atoms. The largest absolute Gasteiger partial charge is 0.416 e. The lowest BCUT2D eigenvalue weighted by molar-refractivity contribution is -0.137. The van der Waals surface area contributed by atoms with Gasteiger partial charge in [-0.15, -0.1) is 17.9 Å². The molecule has 2 aromatic carbocycles. The first-order valence-corrected chi connectivity index (χ1v) is 10.6. The number of likely N-dealkylation sites (N-methyl/N-ethyl adjacent to an activating group) is 1. The third kappa shape index (κ3) is 5.28. The number of benzene rings is 2. The van der Waals surface area contributed by atoms with Gasteiger partial charge in [0.05, 0.1) is 5.56 Å². The number of hydrogen-bond acceptors (Lipinski definition) is 2. The van der Waals surface area contributed by atoms with Crippen molar-refractivity contribution in [1.29, 1.82) is 0 Å². The van der Waals surface area contributed by atoms with Gasteiger partial charge in [0.2, 0.25) is 0 Å². The zero-order chi connectivity index (χ0) is 21.0. The van der Waals surface area contributed by atoms with Crippen LogP contribution in [-0.2, 0) is 12.6 Å². The van der Waals surface area contributed by atoms with Crippen LogP contribution < -0.4 is 0 Å². The van der Waals surface area contributed by atoms with E-state index in [0.717, 1.165) is 65.9 Å². The zero-order valence-corrected chi connectivity index (χ0v) is 17.7. The summed E-state index contributed by atoms with van der Waals surface area (Å²) in [6.45, 7) is 7.77. The Morgan fingerprint density at radius 2 is 1.79 bits per heavy atom. The Balaban J connectivity index is 1.74. The van der Waals surface area contributed by atoms with Crippen LogP contribution in [0.3, 0.4) is 0 Å². The highest BCUT2D eigenvalue weighted by molar-refractivity contribution is 7.19. The summed E-state index contributed by atoms with van der Waals surface area (Å²) in [4.78, 5) is 3.39. The van der Waals surface area contributed by atoms with Gasteiger partial charge < -0.3 is 4.90 Å². The Hall–Kier alpha value is -2.11. The molecule has 3 rings (SSSR count). The fourth-order valence-corrected chi connectivity index (χ4v) is 4.78. The molecule has 0 saturated carbocycles. The Morgan fingerprint density at radius 1 is 1.07 bits per heavy atom. The number of alkyl halides is 3. The van der Waals surface area contributed by atoms with Crippen LogP contribution in [0.15, 0.2) is 55.1 Å². The van der Waals surface area contributed by atoms with Crippen molar-refractivity contribution in [2.45, 2.75) is 32.4 Å². The minimum absolute atomic E-state index is 0.612. The van der Waals surface area contributed by atoms with Crippen molar-refractivity contribution >= 4 is 21.4 Å². The van der Waals surface area contributed by atoms with E-state index in [1.165, 1.54) is 10.3 Å². The molecule has 1 aromatic heterocycles. The van der Waals surface area contributed by atoms with Crippen molar-refractivity contribution in [2.24, 2.45) is 0 Å². The van der Waals surface area contributed by atoms with Crippen LogP contribution in [0.1, 0.15) is 28.8 Å². The van der Waals surface area contributed by atoms with Gasteiger partial charge in [-0.1, -0.05) is 30.3 Å². The quantitative estimate of drug-likeness (QED) is 0.274. The normalized spacial score (nSPS) is 12.1. The Bertz CT molecular complexity index is 970. The second-order valence-corrected chi connectivity index (χ2v) is 8.70. The maximum absolute atomic E-state index is 12.8. The minimum Gasteiger partial charge on any atom is -0.303 e. The fourth-order valence-electron chi connectivity index (χ4n) is 3.63. The second-order valence-electron chi connectivity index (χ2n) is 7.45. The van der Waals surface area contributed by atoms with Crippen LogP contribution in [-0.4, -0.2) is 25.0 Å². The summed E-state index contributed by atoms with van der Waals surface area (Å²) in [6.07, 6.45) is 0.914. The summed E-state index contributed by atoms with van der Waals surface area (Å²) in [6, 6.07) is 12.0. The lowest BCUT2D eigenvalue weighted by Gasteiger charge is -2.13. The summed E-state index contributed by atoms with van der Waals surface area (Å²) in [7, 11) is 2.10.